The smallest absolute Gasteiger partial charge is 0.319 e. The lowest BCUT2D eigenvalue weighted by Gasteiger charge is -2.21. The minimum atomic E-state index is -0.872. The lowest BCUT2D eigenvalue weighted by Crippen LogP contribution is -2.47. The molecule has 0 saturated carbocycles. The van der Waals surface area contributed by atoms with Crippen LogP contribution >= 0.6 is 0 Å². The molecule has 0 unspecified atom stereocenters. The maximum Gasteiger partial charge on any atom is 0.319 e. The van der Waals surface area contributed by atoms with Crippen LogP contribution in [0.25, 0.3) is 0 Å². The van der Waals surface area contributed by atoms with E-state index in [0.29, 0.717) is 30.8 Å². The van der Waals surface area contributed by atoms with Crippen LogP contribution in [0.4, 0.5) is 4.79 Å². The molecule has 0 radical (unpaired) electrons. The zero-order chi connectivity index (χ0) is 13.3. The van der Waals surface area contributed by atoms with Crippen LogP contribution in [-0.2, 0) is 9.59 Å². The lowest BCUT2D eigenvalue weighted by molar-refractivity contribution is -0.137. The van der Waals surface area contributed by atoms with Gasteiger partial charge in [-0.2, -0.15) is 0 Å². The van der Waals surface area contributed by atoms with Crippen LogP contribution < -0.4 is 10.6 Å². The number of carboxylic acid groups (broad SMARTS) is 1. The highest BCUT2D eigenvalue weighted by atomic mass is 16.4. The summed E-state index contributed by atoms with van der Waals surface area (Å²) < 4.78 is 0. The van der Waals surface area contributed by atoms with E-state index in [-0.39, 0.29) is 24.4 Å². The molecular weight excluding hydrogens is 238 g/mol. The SMILES string of the molecule is C[C@@H]1NC(=O)NC2=C1C(=O)N(CCCC(=O)O)C2. The fraction of sp³-hybridized carbons (Fsp3) is 0.545. The number of nitrogens with one attached hydrogen (secondary N) is 2. The summed E-state index contributed by atoms with van der Waals surface area (Å²) in [5.74, 6) is -1.00. The first kappa shape index (κ1) is 12.4. The lowest BCUT2D eigenvalue weighted by atomic mass is 10.1. The van der Waals surface area contributed by atoms with Gasteiger partial charge in [-0.3, -0.25) is 9.59 Å². The van der Waals surface area contributed by atoms with Crippen LogP contribution in [0.15, 0.2) is 11.3 Å². The highest BCUT2D eigenvalue weighted by Gasteiger charge is 2.37. The Morgan fingerprint density at radius 1 is 1.50 bits per heavy atom. The average molecular weight is 253 g/mol. The van der Waals surface area contributed by atoms with Gasteiger partial charge in [-0.15, -0.1) is 0 Å². The first-order chi connectivity index (χ1) is 8.49. The molecule has 2 aliphatic heterocycles. The largest absolute Gasteiger partial charge is 0.481 e. The Morgan fingerprint density at radius 2 is 2.22 bits per heavy atom. The molecule has 0 aromatic carbocycles. The van der Waals surface area contributed by atoms with Gasteiger partial charge in [0.2, 0.25) is 0 Å². The molecule has 0 aliphatic carbocycles. The van der Waals surface area contributed by atoms with Crippen molar-refractivity contribution in [2.24, 2.45) is 0 Å². The van der Waals surface area contributed by atoms with E-state index in [1.807, 2.05) is 0 Å². The molecule has 2 heterocycles. The highest BCUT2D eigenvalue weighted by molar-refractivity contribution is 6.01. The Hall–Kier alpha value is -2.05. The van der Waals surface area contributed by atoms with Gasteiger partial charge in [0, 0.05) is 18.7 Å². The summed E-state index contributed by atoms with van der Waals surface area (Å²) in [5.41, 5.74) is 1.21. The van der Waals surface area contributed by atoms with E-state index in [0.717, 1.165) is 0 Å². The van der Waals surface area contributed by atoms with E-state index in [1.54, 1.807) is 11.8 Å². The summed E-state index contributed by atoms with van der Waals surface area (Å²) >= 11 is 0. The number of aliphatic carboxylic acids is 1. The maximum absolute atomic E-state index is 12.1. The summed E-state index contributed by atoms with van der Waals surface area (Å²) in [7, 11) is 0. The zero-order valence-corrected chi connectivity index (χ0v) is 10.0. The van der Waals surface area contributed by atoms with E-state index < -0.39 is 5.97 Å². The van der Waals surface area contributed by atoms with Crippen molar-refractivity contribution in [3.8, 4) is 0 Å². The van der Waals surface area contributed by atoms with Crippen LogP contribution in [0, 0.1) is 0 Å². The standard InChI is InChI=1S/C11H15N3O4/c1-6-9-7(13-11(18)12-6)5-14(10(9)17)4-2-3-8(15)16/h6H,2-5H2,1H3,(H,15,16)(H2,12,13,18)/t6-/m0/s1. The van der Waals surface area contributed by atoms with Gasteiger partial charge in [0.05, 0.1) is 18.2 Å². The number of carbonyl (C=O) groups excluding carboxylic acids is 2. The quantitative estimate of drug-likeness (QED) is 0.637. The maximum atomic E-state index is 12.1. The van der Waals surface area contributed by atoms with Gasteiger partial charge in [0.1, 0.15) is 0 Å². The number of hydrogen-bond acceptors (Lipinski definition) is 3. The van der Waals surface area contributed by atoms with E-state index in [4.69, 9.17) is 5.11 Å². The van der Waals surface area contributed by atoms with Crippen molar-refractivity contribution in [1.29, 1.82) is 0 Å². The summed E-state index contributed by atoms with van der Waals surface area (Å²) in [6.07, 6.45) is 0.450. The first-order valence-corrected chi connectivity index (χ1v) is 5.80. The van der Waals surface area contributed by atoms with Crippen molar-refractivity contribution >= 4 is 17.9 Å². The molecular formula is C11H15N3O4. The zero-order valence-electron chi connectivity index (χ0n) is 10.0. The predicted molar refractivity (Wildman–Crippen MR) is 61.6 cm³/mol. The Morgan fingerprint density at radius 3 is 2.89 bits per heavy atom. The average Bonchev–Trinajstić information content (AvgIpc) is 2.55. The van der Waals surface area contributed by atoms with Gasteiger partial charge in [-0.05, 0) is 13.3 Å². The molecule has 0 aromatic rings. The minimum Gasteiger partial charge on any atom is -0.481 e. The van der Waals surface area contributed by atoms with Crippen LogP contribution in [0.2, 0.25) is 0 Å². The second-order valence-electron chi connectivity index (χ2n) is 4.44. The summed E-state index contributed by atoms with van der Waals surface area (Å²) in [5, 5.41) is 13.8. The Kier molecular flexibility index (Phi) is 3.22. The van der Waals surface area contributed by atoms with Gasteiger partial charge in [0.25, 0.3) is 5.91 Å². The molecule has 2 rings (SSSR count). The van der Waals surface area contributed by atoms with Crippen molar-refractivity contribution in [2.45, 2.75) is 25.8 Å². The van der Waals surface area contributed by atoms with Gasteiger partial charge in [-0.25, -0.2) is 4.79 Å². The number of rotatable bonds is 4. The number of carbonyl (C=O) groups is 3. The van der Waals surface area contributed by atoms with Gasteiger partial charge < -0.3 is 20.6 Å². The highest BCUT2D eigenvalue weighted by Crippen LogP contribution is 2.23. The van der Waals surface area contributed by atoms with E-state index in [9.17, 15) is 14.4 Å². The summed E-state index contributed by atoms with van der Waals surface area (Å²) in [4.78, 5) is 35.3. The molecule has 3 amide bonds. The van der Waals surface area contributed by atoms with Crippen LogP contribution in [0.5, 0.6) is 0 Å². The van der Waals surface area contributed by atoms with E-state index in [2.05, 4.69) is 10.6 Å². The Balaban J connectivity index is 1.99. The fourth-order valence-corrected chi connectivity index (χ4v) is 2.24. The predicted octanol–water partition coefficient (Wildman–Crippen LogP) is -0.351. The topological polar surface area (TPSA) is 98.7 Å². The molecule has 18 heavy (non-hydrogen) atoms. The normalized spacial score (nSPS) is 22.7. The van der Waals surface area contributed by atoms with Crippen molar-refractivity contribution in [3.05, 3.63) is 11.3 Å². The molecule has 1 atom stereocenters. The molecule has 98 valence electrons. The molecule has 0 bridgehead atoms. The molecule has 2 aliphatic rings. The molecule has 0 fully saturated rings. The second kappa shape index (κ2) is 4.67. The monoisotopic (exact) mass is 253 g/mol. The third-order valence-electron chi connectivity index (χ3n) is 3.06. The number of nitrogens with zero attached hydrogens (tertiary/aromatic N) is 1. The number of urea groups is 1. The molecule has 7 heteroatoms. The van der Waals surface area contributed by atoms with Crippen molar-refractivity contribution < 1.29 is 19.5 Å². The van der Waals surface area contributed by atoms with Crippen LogP contribution in [0.1, 0.15) is 19.8 Å². The third kappa shape index (κ3) is 2.29. The molecule has 3 N–H and O–H groups in total. The van der Waals surface area contributed by atoms with Crippen molar-refractivity contribution in [1.82, 2.24) is 15.5 Å². The first-order valence-electron chi connectivity index (χ1n) is 5.80. The minimum absolute atomic E-state index is 0.0363. The Bertz CT molecular complexity index is 444. The molecule has 0 spiro atoms. The van der Waals surface area contributed by atoms with Gasteiger partial charge in [0.15, 0.2) is 0 Å². The van der Waals surface area contributed by atoms with Crippen molar-refractivity contribution in [2.75, 3.05) is 13.1 Å². The number of hydrogen-bond donors (Lipinski definition) is 3. The summed E-state index contributed by atoms with van der Waals surface area (Å²) in [6.45, 7) is 2.50. The van der Waals surface area contributed by atoms with E-state index >= 15 is 0 Å². The Labute approximate surface area is 104 Å². The summed E-state index contributed by atoms with van der Waals surface area (Å²) in [6, 6.07) is -0.604. The van der Waals surface area contributed by atoms with Crippen molar-refractivity contribution in [3.63, 3.8) is 0 Å². The number of carboxylic acids is 1. The van der Waals surface area contributed by atoms with Gasteiger partial charge >= 0.3 is 12.0 Å². The number of amides is 3. The third-order valence-corrected chi connectivity index (χ3v) is 3.06. The van der Waals surface area contributed by atoms with Gasteiger partial charge in [-0.1, -0.05) is 0 Å². The van der Waals surface area contributed by atoms with Crippen LogP contribution in [-0.4, -0.2) is 47.0 Å². The molecule has 7 nitrogen and oxygen atoms in total. The fourth-order valence-electron chi connectivity index (χ4n) is 2.24. The molecule has 0 saturated heterocycles. The van der Waals surface area contributed by atoms with E-state index in [1.165, 1.54) is 0 Å². The second-order valence-corrected chi connectivity index (χ2v) is 4.44. The van der Waals surface area contributed by atoms with Crippen LogP contribution in [0.3, 0.4) is 0 Å². The molecule has 0 aromatic heterocycles.